The molecule has 0 atom stereocenters. The maximum atomic E-state index is 12.7. The minimum absolute atomic E-state index is 0.144. The first-order valence-electron chi connectivity index (χ1n) is 7.64. The first kappa shape index (κ1) is 16.7. The average molecular weight is 429 g/mol. The highest BCUT2D eigenvalue weighted by Crippen LogP contribution is 2.39. The lowest BCUT2D eigenvalue weighted by molar-refractivity contribution is -0.114. The Balaban J connectivity index is 1.56. The Bertz CT molecular complexity index is 1010. The Morgan fingerprint density at radius 3 is 3.12 bits per heavy atom. The first-order chi connectivity index (χ1) is 12.6. The summed E-state index contributed by atoms with van der Waals surface area (Å²) in [5, 5.41) is 12.2. The van der Waals surface area contributed by atoms with E-state index < -0.39 is 0 Å². The smallest absolute Gasteiger partial charge is 0.244 e. The van der Waals surface area contributed by atoms with E-state index in [2.05, 4.69) is 48.0 Å². The molecule has 0 unspecified atom stereocenters. The van der Waals surface area contributed by atoms with E-state index in [0.29, 0.717) is 10.8 Å². The maximum Gasteiger partial charge on any atom is 0.244 e. The number of thiophene rings is 1. The lowest BCUT2D eigenvalue weighted by atomic mass is 10.1. The van der Waals surface area contributed by atoms with Crippen molar-refractivity contribution in [1.29, 1.82) is 0 Å². The third-order valence-corrected chi connectivity index (χ3v) is 5.70. The number of nitrogens with zero attached hydrogens (tertiary/aromatic N) is 4. The van der Waals surface area contributed by atoms with Gasteiger partial charge in [0.1, 0.15) is 17.9 Å². The van der Waals surface area contributed by atoms with Gasteiger partial charge in [0.05, 0.1) is 11.3 Å². The zero-order chi connectivity index (χ0) is 18.1. The molecule has 0 saturated carbocycles. The quantitative estimate of drug-likeness (QED) is 0.661. The van der Waals surface area contributed by atoms with Crippen molar-refractivity contribution in [3.05, 3.63) is 58.6 Å². The lowest BCUT2D eigenvalue weighted by Crippen LogP contribution is -2.33. The van der Waals surface area contributed by atoms with Crippen molar-refractivity contribution < 1.29 is 4.79 Å². The third kappa shape index (κ3) is 3.06. The molecule has 4 rings (SSSR count). The van der Waals surface area contributed by atoms with Crippen molar-refractivity contribution in [3.63, 3.8) is 0 Å². The molecule has 1 amide bonds. The van der Waals surface area contributed by atoms with Crippen molar-refractivity contribution in [1.82, 2.24) is 20.2 Å². The molecule has 1 aliphatic heterocycles. The van der Waals surface area contributed by atoms with Gasteiger partial charge in [-0.15, -0.1) is 11.3 Å². The molecule has 2 N–H and O–H groups in total. The number of hydrogen-bond donors (Lipinski definition) is 2. The fourth-order valence-corrected chi connectivity index (χ4v) is 4.31. The van der Waals surface area contributed by atoms with Gasteiger partial charge in [0, 0.05) is 33.5 Å². The van der Waals surface area contributed by atoms with Crippen molar-refractivity contribution in [2.24, 2.45) is 0 Å². The van der Waals surface area contributed by atoms with Crippen LogP contribution in [0, 0.1) is 0 Å². The summed E-state index contributed by atoms with van der Waals surface area (Å²) < 4.78 is 0.844. The van der Waals surface area contributed by atoms with E-state index in [-0.39, 0.29) is 12.5 Å². The summed E-state index contributed by atoms with van der Waals surface area (Å²) in [6, 6.07) is 1.87. The van der Waals surface area contributed by atoms with E-state index in [4.69, 9.17) is 0 Å². The van der Waals surface area contributed by atoms with Gasteiger partial charge in [-0.1, -0.05) is 6.58 Å². The number of carbonyl (C=O) groups is 1. The fourth-order valence-electron chi connectivity index (χ4n) is 2.68. The van der Waals surface area contributed by atoms with Gasteiger partial charge in [0.2, 0.25) is 5.91 Å². The predicted octanol–water partition coefficient (Wildman–Crippen LogP) is 3.68. The number of fused-ring (bicyclic) bond motifs is 1. The molecule has 0 saturated heterocycles. The molecular weight excluding hydrogens is 416 g/mol. The molecule has 3 aromatic heterocycles. The minimum Gasteiger partial charge on any atom is -0.332 e. The van der Waals surface area contributed by atoms with Crippen LogP contribution in [0.15, 0.2) is 53.0 Å². The maximum absolute atomic E-state index is 12.7. The second-order valence-corrected chi connectivity index (χ2v) is 7.25. The van der Waals surface area contributed by atoms with Gasteiger partial charge in [0.25, 0.3) is 0 Å². The van der Waals surface area contributed by atoms with E-state index in [1.54, 1.807) is 12.4 Å². The van der Waals surface area contributed by atoms with Gasteiger partial charge in [-0.2, -0.15) is 5.10 Å². The molecule has 3 aromatic rings. The van der Waals surface area contributed by atoms with Gasteiger partial charge < -0.3 is 10.2 Å². The number of aromatic amines is 1. The van der Waals surface area contributed by atoms with Crippen LogP contribution in [0.4, 0.5) is 10.7 Å². The fraction of sp³-hybridized carbons (Fsp3) is 0.0588. The zero-order valence-corrected chi connectivity index (χ0v) is 15.8. The Hall–Kier alpha value is -2.78. The number of carbonyl (C=O) groups excluding carboxylic acids is 1. The van der Waals surface area contributed by atoms with E-state index >= 15 is 0 Å². The molecular formula is C17H13BrN6OS. The number of rotatable bonds is 4. The van der Waals surface area contributed by atoms with E-state index in [1.807, 2.05) is 28.5 Å². The topological polar surface area (TPSA) is 86.8 Å². The second-order valence-electron chi connectivity index (χ2n) is 5.52. The summed E-state index contributed by atoms with van der Waals surface area (Å²) in [6.07, 6.45) is 8.71. The van der Waals surface area contributed by atoms with Crippen molar-refractivity contribution in [2.75, 3.05) is 16.8 Å². The monoisotopic (exact) mass is 428 g/mol. The molecule has 0 spiro atoms. The van der Waals surface area contributed by atoms with Crippen molar-refractivity contribution in [3.8, 4) is 11.4 Å². The van der Waals surface area contributed by atoms with Crippen LogP contribution in [0.2, 0.25) is 0 Å². The summed E-state index contributed by atoms with van der Waals surface area (Å²) in [7, 11) is 0. The summed E-state index contributed by atoms with van der Waals surface area (Å²) in [4.78, 5) is 22.8. The molecule has 0 aromatic carbocycles. The van der Waals surface area contributed by atoms with Gasteiger partial charge in [0.15, 0.2) is 5.82 Å². The molecule has 0 aliphatic carbocycles. The number of hydrogen-bond acceptors (Lipinski definition) is 6. The minimum atomic E-state index is -0.153. The molecule has 130 valence electrons. The largest absolute Gasteiger partial charge is 0.332 e. The van der Waals surface area contributed by atoms with Crippen LogP contribution in [0.1, 0.15) is 5.56 Å². The van der Waals surface area contributed by atoms with Gasteiger partial charge in [-0.25, -0.2) is 4.98 Å². The second kappa shape index (κ2) is 6.85. The number of aromatic nitrogens is 4. The molecule has 26 heavy (non-hydrogen) atoms. The third-order valence-electron chi connectivity index (χ3n) is 3.87. The number of pyridine rings is 1. The number of anilines is 2. The van der Waals surface area contributed by atoms with Crippen LogP contribution in [-0.2, 0) is 4.79 Å². The summed E-state index contributed by atoms with van der Waals surface area (Å²) >= 11 is 4.91. The van der Waals surface area contributed by atoms with Crippen LogP contribution in [0.3, 0.4) is 0 Å². The van der Waals surface area contributed by atoms with Gasteiger partial charge >= 0.3 is 0 Å². The van der Waals surface area contributed by atoms with Gasteiger partial charge in [-0.3, -0.25) is 14.9 Å². The lowest BCUT2D eigenvalue weighted by Gasteiger charge is -2.28. The van der Waals surface area contributed by atoms with Gasteiger partial charge in [-0.05, 0) is 34.1 Å². The highest BCUT2D eigenvalue weighted by molar-refractivity contribution is 9.10. The molecule has 4 heterocycles. The van der Waals surface area contributed by atoms with E-state index in [9.17, 15) is 4.79 Å². The Kier molecular flexibility index (Phi) is 4.39. The molecule has 0 bridgehead atoms. The number of nitrogens with one attached hydrogen (secondary N) is 2. The van der Waals surface area contributed by atoms with Crippen LogP contribution in [-0.4, -0.2) is 32.6 Å². The summed E-state index contributed by atoms with van der Waals surface area (Å²) in [5.74, 6) is 0.439. The predicted molar refractivity (Wildman–Crippen MR) is 106 cm³/mol. The molecule has 1 aliphatic rings. The number of halogens is 1. The average Bonchev–Trinajstić information content (AvgIpc) is 3.27. The van der Waals surface area contributed by atoms with Crippen LogP contribution < -0.4 is 10.2 Å². The Morgan fingerprint density at radius 2 is 2.31 bits per heavy atom. The van der Waals surface area contributed by atoms with E-state index in [1.165, 1.54) is 17.7 Å². The number of amides is 1. The molecule has 0 fully saturated rings. The molecule has 9 heteroatoms. The highest BCUT2D eigenvalue weighted by Gasteiger charge is 2.21. The SMILES string of the molecule is C=C1C=Cc2cnccc2N1CC(=O)Nc1scc(Br)c1-c1ncn[nH]1. The van der Waals surface area contributed by atoms with Crippen molar-refractivity contribution in [2.45, 2.75) is 0 Å². The zero-order valence-electron chi connectivity index (χ0n) is 13.4. The summed E-state index contributed by atoms with van der Waals surface area (Å²) in [5.41, 5.74) is 3.39. The first-order valence-corrected chi connectivity index (χ1v) is 9.32. The van der Waals surface area contributed by atoms with Crippen LogP contribution in [0.5, 0.6) is 0 Å². The van der Waals surface area contributed by atoms with E-state index in [0.717, 1.165) is 27.0 Å². The molecule has 7 nitrogen and oxygen atoms in total. The van der Waals surface area contributed by atoms with Crippen LogP contribution >= 0.6 is 27.3 Å². The summed E-state index contributed by atoms with van der Waals surface area (Å²) in [6.45, 7) is 4.17. The Labute approximate surface area is 161 Å². The Morgan fingerprint density at radius 1 is 1.42 bits per heavy atom. The number of allylic oxidation sites excluding steroid dienone is 1. The normalized spacial score (nSPS) is 13.0. The highest BCUT2D eigenvalue weighted by atomic mass is 79.9. The van der Waals surface area contributed by atoms with Crippen molar-refractivity contribution >= 4 is 49.9 Å². The molecule has 0 radical (unpaired) electrons. The van der Waals surface area contributed by atoms with Crippen LogP contribution in [0.25, 0.3) is 17.5 Å². The standard InChI is InChI=1S/C17H13BrN6OS/c1-10-2-3-11-6-19-5-4-13(11)24(10)7-14(25)22-17-15(12(18)8-26-17)16-20-9-21-23-16/h2-6,8-9H,1,7H2,(H,22,25)(H,20,21,23). The number of H-pyrrole nitrogens is 1.